The van der Waals surface area contributed by atoms with Crippen LogP contribution in [0.15, 0.2) is 12.4 Å². The van der Waals surface area contributed by atoms with E-state index in [0.717, 1.165) is 12.5 Å². The molecule has 1 aliphatic carbocycles. The average molecular weight is 234 g/mol. The van der Waals surface area contributed by atoms with E-state index >= 15 is 0 Å². The molecule has 1 aromatic heterocycles. The van der Waals surface area contributed by atoms with Crippen LogP contribution >= 0.6 is 0 Å². The highest BCUT2D eigenvalue weighted by Gasteiger charge is 2.34. The van der Waals surface area contributed by atoms with Crippen molar-refractivity contribution < 1.29 is 4.79 Å². The maximum absolute atomic E-state index is 12.0. The van der Waals surface area contributed by atoms with Crippen molar-refractivity contribution in [1.82, 2.24) is 14.9 Å². The molecule has 5 nitrogen and oxygen atoms in total. The van der Waals surface area contributed by atoms with E-state index in [1.807, 2.05) is 7.05 Å². The van der Waals surface area contributed by atoms with E-state index in [2.05, 4.69) is 22.2 Å². The van der Waals surface area contributed by atoms with Gasteiger partial charge in [0.1, 0.15) is 11.5 Å². The molecule has 0 saturated heterocycles. The van der Waals surface area contributed by atoms with E-state index < -0.39 is 0 Å². The number of carbonyl (C=O) groups is 1. The van der Waals surface area contributed by atoms with Crippen molar-refractivity contribution in [2.75, 3.05) is 26.0 Å². The fourth-order valence-electron chi connectivity index (χ4n) is 1.85. The highest BCUT2D eigenvalue weighted by Crippen LogP contribution is 2.38. The van der Waals surface area contributed by atoms with Crippen molar-refractivity contribution in [1.29, 1.82) is 0 Å². The van der Waals surface area contributed by atoms with Crippen LogP contribution in [0.2, 0.25) is 0 Å². The molecule has 0 bridgehead atoms. The van der Waals surface area contributed by atoms with Gasteiger partial charge in [-0.1, -0.05) is 6.92 Å². The van der Waals surface area contributed by atoms with Gasteiger partial charge < -0.3 is 10.2 Å². The van der Waals surface area contributed by atoms with Crippen LogP contribution in [0.5, 0.6) is 0 Å². The molecular weight excluding hydrogens is 216 g/mol. The number of nitrogens with zero attached hydrogens (tertiary/aromatic N) is 3. The van der Waals surface area contributed by atoms with Gasteiger partial charge in [0.25, 0.3) is 5.91 Å². The van der Waals surface area contributed by atoms with E-state index in [0.29, 0.717) is 17.4 Å². The molecule has 0 aliphatic heterocycles. The first-order chi connectivity index (χ1) is 8.11. The van der Waals surface area contributed by atoms with Crippen LogP contribution in [-0.4, -0.2) is 41.4 Å². The molecule has 2 rings (SSSR count). The fourth-order valence-corrected chi connectivity index (χ4v) is 1.85. The number of nitrogens with one attached hydrogen (secondary N) is 1. The summed E-state index contributed by atoms with van der Waals surface area (Å²) >= 11 is 0. The molecule has 0 aromatic carbocycles. The van der Waals surface area contributed by atoms with Gasteiger partial charge in [-0.3, -0.25) is 4.79 Å². The number of carbonyl (C=O) groups excluding carboxylic acids is 1. The van der Waals surface area contributed by atoms with Crippen LogP contribution in [0.1, 0.15) is 23.8 Å². The summed E-state index contributed by atoms with van der Waals surface area (Å²) in [6.07, 6.45) is 4.31. The monoisotopic (exact) mass is 234 g/mol. The molecule has 1 amide bonds. The lowest BCUT2D eigenvalue weighted by Crippen LogP contribution is -2.29. The lowest BCUT2D eigenvalue weighted by molar-refractivity contribution is 0.0781. The maximum atomic E-state index is 12.0. The highest BCUT2D eigenvalue weighted by molar-refractivity contribution is 5.91. The Labute approximate surface area is 101 Å². The first-order valence-corrected chi connectivity index (χ1v) is 5.87. The SMILES string of the molecule is CNc1cnc(C(=O)N(C)CC2CC2C)cn1. The van der Waals surface area contributed by atoms with Crippen molar-refractivity contribution in [3.8, 4) is 0 Å². The molecule has 92 valence electrons. The fraction of sp³-hybridized carbons (Fsp3) is 0.583. The number of rotatable bonds is 4. The smallest absolute Gasteiger partial charge is 0.273 e. The number of anilines is 1. The predicted molar refractivity (Wildman–Crippen MR) is 65.8 cm³/mol. The van der Waals surface area contributed by atoms with Crippen molar-refractivity contribution in [2.24, 2.45) is 11.8 Å². The van der Waals surface area contributed by atoms with Crippen LogP contribution in [0.3, 0.4) is 0 Å². The predicted octanol–water partition coefficient (Wildman–Crippen LogP) is 1.25. The van der Waals surface area contributed by atoms with E-state index in [1.165, 1.54) is 12.6 Å². The van der Waals surface area contributed by atoms with Gasteiger partial charge in [-0.05, 0) is 18.3 Å². The number of hydrogen-bond acceptors (Lipinski definition) is 4. The zero-order valence-corrected chi connectivity index (χ0v) is 10.5. The number of hydrogen-bond donors (Lipinski definition) is 1. The second kappa shape index (κ2) is 4.69. The molecule has 1 heterocycles. The number of amides is 1. The Kier molecular flexibility index (Phi) is 3.26. The van der Waals surface area contributed by atoms with E-state index in [-0.39, 0.29) is 5.91 Å². The second-order valence-electron chi connectivity index (χ2n) is 4.70. The van der Waals surface area contributed by atoms with E-state index in [4.69, 9.17) is 0 Å². The first kappa shape index (κ1) is 11.8. The highest BCUT2D eigenvalue weighted by atomic mass is 16.2. The van der Waals surface area contributed by atoms with E-state index in [1.54, 1.807) is 18.1 Å². The third-order valence-corrected chi connectivity index (χ3v) is 3.26. The Morgan fingerprint density at radius 2 is 2.24 bits per heavy atom. The molecule has 1 aliphatic rings. The topological polar surface area (TPSA) is 58.1 Å². The molecule has 1 N–H and O–H groups in total. The van der Waals surface area contributed by atoms with Gasteiger partial charge >= 0.3 is 0 Å². The molecule has 2 atom stereocenters. The summed E-state index contributed by atoms with van der Waals surface area (Å²) in [6.45, 7) is 3.03. The molecular formula is C12H18N4O. The maximum Gasteiger partial charge on any atom is 0.273 e. The molecule has 2 unspecified atom stereocenters. The van der Waals surface area contributed by atoms with Crippen molar-refractivity contribution >= 4 is 11.7 Å². The van der Waals surface area contributed by atoms with Crippen LogP contribution in [0.4, 0.5) is 5.82 Å². The molecule has 1 aromatic rings. The van der Waals surface area contributed by atoms with Crippen molar-refractivity contribution in [2.45, 2.75) is 13.3 Å². The summed E-state index contributed by atoms with van der Waals surface area (Å²) in [5.74, 6) is 2.02. The van der Waals surface area contributed by atoms with Gasteiger partial charge in [0.15, 0.2) is 0 Å². The molecule has 0 radical (unpaired) electrons. The summed E-state index contributed by atoms with van der Waals surface area (Å²) in [5.41, 5.74) is 0.403. The van der Waals surface area contributed by atoms with Gasteiger partial charge in [0.05, 0.1) is 12.4 Å². The Morgan fingerprint density at radius 1 is 1.53 bits per heavy atom. The van der Waals surface area contributed by atoms with Crippen LogP contribution < -0.4 is 5.32 Å². The zero-order chi connectivity index (χ0) is 12.4. The molecule has 0 spiro atoms. The van der Waals surface area contributed by atoms with Crippen LogP contribution in [0, 0.1) is 11.8 Å². The quantitative estimate of drug-likeness (QED) is 0.851. The summed E-state index contributed by atoms with van der Waals surface area (Å²) < 4.78 is 0. The summed E-state index contributed by atoms with van der Waals surface area (Å²) in [5, 5.41) is 2.87. The van der Waals surface area contributed by atoms with Gasteiger partial charge in [-0.25, -0.2) is 9.97 Å². The lowest BCUT2D eigenvalue weighted by Gasteiger charge is -2.16. The second-order valence-corrected chi connectivity index (χ2v) is 4.70. The lowest BCUT2D eigenvalue weighted by atomic mass is 10.3. The Hall–Kier alpha value is -1.65. The van der Waals surface area contributed by atoms with Crippen molar-refractivity contribution in [3.05, 3.63) is 18.1 Å². The molecule has 5 heteroatoms. The normalized spacial score (nSPS) is 22.1. The minimum Gasteiger partial charge on any atom is -0.372 e. The summed E-state index contributed by atoms with van der Waals surface area (Å²) in [7, 11) is 3.59. The largest absolute Gasteiger partial charge is 0.372 e. The average Bonchev–Trinajstić information content (AvgIpc) is 3.04. The first-order valence-electron chi connectivity index (χ1n) is 5.87. The third-order valence-electron chi connectivity index (χ3n) is 3.26. The van der Waals surface area contributed by atoms with Crippen molar-refractivity contribution in [3.63, 3.8) is 0 Å². The Balaban J connectivity index is 1.97. The summed E-state index contributed by atoms with van der Waals surface area (Å²) in [6, 6.07) is 0. The minimum absolute atomic E-state index is 0.0562. The number of aromatic nitrogens is 2. The van der Waals surface area contributed by atoms with Gasteiger partial charge in [0.2, 0.25) is 0 Å². The third kappa shape index (κ3) is 2.72. The van der Waals surface area contributed by atoms with Crippen LogP contribution in [0.25, 0.3) is 0 Å². The Bertz CT molecular complexity index is 403. The van der Waals surface area contributed by atoms with Crippen LogP contribution in [-0.2, 0) is 0 Å². The summed E-state index contributed by atoms with van der Waals surface area (Å²) in [4.78, 5) is 21.9. The Morgan fingerprint density at radius 3 is 2.71 bits per heavy atom. The zero-order valence-electron chi connectivity index (χ0n) is 10.5. The van der Waals surface area contributed by atoms with Gasteiger partial charge in [-0.2, -0.15) is 0 Å². The van der Waals surface area contributed by atoms with E-state index in [9.17, 15) is 4.79 Å². The molecule has 17 heavy (non-hydrogen) atoms. The van der Waals surface area contributed by atoms with Gasteiger partial charge in [-0.15, -0.1) is 0 Å². The minimum atomic E-state index is -0.0562. The van der Waals surface area contributed by atoms with Gasteiger partial charge in [0, 0.05) is 20.6 Å². The molecule has 1 saturated carbocycles. The standard InChI is InChI=1S/C12H18N4O/c1-8-4-9(8)7-16(3)12(17)10-5-15-11(13-2)6-14-10/h5-6,8-9H,4,7H2,1-3H3,(H,13,15). The molecule has 1 fully saturated rings.